The van der Waals surface area contributed by atoms with Crippen LogP contribution in [-0.4, -0.2) is 24.2 Å². The van der Waals surface area contributed by atoms with Crippen LogP contribution >= 0.6 is 0 Å². The van der Waals surface area contributed by atoms with Gasteiger partial charge in [-0.3, -0.25) is 4.98 Å². The summed E-state index contributed by atoms with van der Waals surface area (Å²) >= 11 is 0. The molecule has 1 aromatic heterocycles. The first-order chi connectivity index (χ1) is 9.81. The van der Waals surface area contributed by atoms with Gasteiger partial charge in [0.05, 0.1) is 0 Å². The van der Waals surface area contributed by atoms with Crippen LogP contribution < -0.4 is 10.1 Å². The van der Waals surface area contributed by atoms with E-state index in [0.29, 0.717) is 0 Å². The van der Waals surface area contributed by atoms with E-state index >= 15 is 0 Å². The summed E-state index contributed by atoms with van der Waals surface area (Å²) < 4.78 is 6.01. The quantitative estimate of drug-likeness (QED) is 0.743. The number of hydrogen-bond acceptors (Lipinski definition) is 3. The van der Waals surface area contributed by atoms with Crippen molar-refractivity contribution in [2.45, 2.75) is 39.2 Å². The first-order valence-corrected chi connectivity index (χ1v) is 7.52. The highest BCUT2D eigenvalue weighted by molar-refractivity contribution is 5.84. The third-order valence-electron chi connectivity index (χ3n) is 3.31. The Hall–Kier alpha value is -1.61. The molecule has 0 aliphatic rings. The van der Waals surface area contributed by atoms with Crippen molar-refractivity contribution in [3.8, 4) is 5.75 Å². The smallest absolute Gasteiger partial charge is 0.145 e. The Balaban J connectivity index is 1.88. The van der Waals surface area contributed by atoms with Crippen molar-refractivity contribution in [3.05, 3.63) is 36.5 Å². The molecule has 0 fully saturated rings. The maximum absolute atomic E-state index is 6.01. The lowest BCUT2D eigenvalue weighted by Crippen LogP contribution is -2.29. The van der Waals surface area contributed by atoms with E-state index in [2.05, 4.69) is 36.3 Å². The summed E-state index contributed by atoms with van der Waals surface area (Å²) in [6, 6.07) is 10.1. The summed E-state index contributed by atoms with van der Waals surface area (Å²) in [6.45, 7) is 6.25. The van der Waals surface area contributed by atoms with Gasteiger partial charge in [0.15, 0.2) is 0 Å². The highest BCUT2D eigenvalue weighted by Crippen LogP contribution is 2.23. The summed E-state index contributed by atoms with van der Waals surface area (Å²) in [5, 5.41) is 4.56. The summed E-state index contributed by atoms with van der Waals surface area (Å²) in [5.74, 6) is 0.867. The number of benzene rings is 1. The number of para-hydroxylation sites is 1. The lowest BCUT2D eigenvalue weighted by Gasteiger charge is -2.16. The van der Waals surface area contributed by atoms with Crippen molar-refractivity contribution < 1.29 is 4.74 Å². The molecular formula is C17H24N2O. The molecule has 1 N–H and O–H groups in total. The molecule has 1 heterocycles. The third kappa shape index (κ3) is 4.20. The maximum atomic E-state index is 6.01. The van der Waals surface area contributed by atoms with Crippen LogP contribution in [0.25, 0.3) is 10.9 Å². The van der Waals surface area contributed by atoms with Crippen molar-refractivity contribution in [2.24, 2.45) is 0 Å². The van der Waals surface area contributed by atoms with Crippen LogP contribution in [0.5, 0.6) is 5.75 Å². The number of pyridine rings is 1. The Morgan fingerprint density at radius 1 is 1.20 bits per heavy atom. The zero-order valence-electron chi connectivity index (χ0n) is 12.4. The van der Waals surface area contributed by atoms with E-state index in [1.807, 2.05) is 24.4 Å². The van der Waals surface area contributed by atoms with Crippen molar-refractivity contribution in [1.82, 2.24) is 10.3 Å². The van der Waals surface area contributed by atoms with Crippen LogP contribution in [-0.2, 0) is 0 Å². The summed E-state index contributed by atoms with van der Waals surface area (Å²) in [7, 11) is 0. The van der Waals surface area contributed by atoms with Gasteiger partial charge < -0.3 is 10.1 Å². The minimum atomic E-state index is 0.143. The highest BCUT2D eigenvalue weighted by atomic mass is 16.5. The number of hydrogen-bond donors (Lipinski definition) is 1. The van der Waals surface area contributed by atoms with E-state index in [1.165, 1.54) is 19.3 Å². The average molecular weight is 272 g/mol. The Labute approximate surface area is 121 Å². The minimum absolute atomic E-state index is 0.143. The van der Waals surface area contributed by atoms with Crippen molar-refractivity contribution in [1.29, 1.82) is 0 Å². The van der Waals surface area contributed by atoms with Crippen LogP contribution in [0.3, 0.4) is 0 Å². The van der Waals surface area contributed by atoms with Crippen LogP contribution in [0.2, 0.25) is 0 Å². The molecule has 0 aliphatic heterocycles. The number of unbranched alkanes of at least 4 members (excludes halogenated alkanes) is 2. The second-order valence-corrected chi connectivity index (χ2v) is 5.17. The zero-order valence-corrected chi connectivity index (χ0v) is 12.4. The number of nitrogens with zero attached hydrogens (tertiary/aromatic N) is 1. The summed E-state index contributed by atoms with van der Waals surface area (Å²) in [5.41, 5.74) is 0.938. The Bertz CT molecular complexity index is 522. The normalized spacial score (nSPS) is 12.5. The van der Waals surface area contributed by atoms with Gasteiger partial charge in [0.2, 0.25) is 0 Å². The fraction of sp³-hybridized carbons (Fsp3) is 0.471. The van der Waals surface area contributed by atoms with Crippen LogP contribution in [0.15, 0.2) is 36.5 Å². The highest BCUT2D eigenvalue weighted by Gasteiger charge is 2.07. The predicted octanol–water partition coefficient (Wildman–Crippen LogP) is 3.78. The Morgan fingerprint density at radius 3 is 2.90 bits per heavy atom. The molecule has 0 bridgehead atoms. The number of fused-ring (bicyclic) bond motifs is 1. The first kappa shape index (κ1) is 14.8. The molecule has 0 saturated heterocycles. The second kappa shape index (κ2) is 7.85. The monoisotopic (exact) mass is 272 g/mol. The lowest BCUT2D eigenvalue weighted by molar-refractivity contribution is 0.219. The van der Waals surface area contributed by atoms with Gasteiger partial charge >= 0.3 is 0 Å². The van der Waals surface area contributed by atoms with Gasteiger partial charge in [-0.1, -0.05) is 38.0 Å². The number of nitrogens with one attached hydrogen (secondary N) is 1. The molecule has 20 heavy (non-hydrogen) atoms. The van der Waals surface area contributed by atoms with E-state index in [4.69, 9.17) is 4.74 Å². The largest absolute Gasteiger partial charge is 0.487 e. The van der Waals surface area contributed by atoms with Gasteiger partial charge in [-0.2, -0.15) is 0 Å². The number of rotatable bonds is 8. The molecular weight excluding hydrogens is 248 g/mol. The molecule has 0 spiro atoms. The predicted molar refractivity (Wildman–Crippen MR) is 84.2 cm³/mol. The molecule has 3 nitrogen and oxygen atoms in total. The van der Waals surface area contributed by atoms with Gasteiger partial charge in [-0.15, -0.1) is 0 Å². The third-order valence-corrected chi connectivity index (χ3v) is 3.31. The molecule has 2 rings (SSSR count). The van der Waals surface area contributed by atoms with Crippen molar-refractivity contribution in [3.63, 3.8) is 0 Å². The first-order valence-electron chi connectivity index (χ1n) is 7.52. The van der Waals surface area contributed by atoms with E-state index in [-0.39, 0.29) is 6.10 Å². The van der Waals surface area contributed by atoms with Gasteiger partial charge in [-0.05, 0) is 32.0 Å². The van der Waals surface area contributed by atoms with Crippen LogP contribution in [0.1, 0.15) is 33.1 Å². The van der Waals surface area contributed by atoms with Crippen molar-refractivity contribution >= 4 is 10.9 Å². The molecule has 1 unspecified atom stereocenters. The summed E-state index contributed by atoms with van der Waals surface area (Å²) in [6.07, 6.45) is 5.73. The molecule has 0 saturated carbocycles. The zero-order chi connectivity index (χ0) is 14.2. The second-order valence-electron chi connectivity index (χ2n) is 5.17. The van der Waals surface area contributed by atoms with E-state index in [1.54, 1.807) is 0 Å². The van der Waals surface area contributed by atoms with Gasteiger partial charge in [0.25, 0.3) is 0 Å². The maximum Gasteiger partial charge on any atom is 0.145 e. The van der Waals surface area contributed by atoms with Crippen LogP contribution in [0, 0.1) is 0 Å². The number of ether oxygens (including phenoxy) is 1. The van der Waals surface area contributed by atoms with Gasteiger partial charge in [0, 0.05) is 18.1 Å². The fourth-order valence-corrected chi connectivity index (χ4v) is 2.24. The molecule has 1 aromatic carbocycles. The average Bonchev–Trinajstić information content (AvgIpc) is 2.47. The molecule has 1 atom stereocenters. The van der Waals surface area contributed by atoms with Gasteiger partial charge in [0.1, 0.15) is 17.4 Å². The standard InChI is InChI=1S/C17H24N2O/c1-3-4-5-11-18-13-14(2)20-16-10-6-8-15-9-7-12-19-17(15)16/h6-10,12,14,18H,3-5,11,13H2,1-2H3. The lowest BCUT2D eigenvalue weighted by atomic mass is 10.2. The van der Waals surface area contributed by atoms with Crippen molar-refractivity contribution in [2.75, 3.05) is 13.1 Å². The minimum Gasteiger partial charge on any atom is -0.487 e. The number of aromatic nitrogens is 1. The molecule has 0 aliphatic carbocycles. The topological polar surface area (TPSA) is 34.1 Å². The van der Waals surface area contributed by atoms with E-state index in [0.717, 1.165) is 29.7 Å². The molecule has 2 aromatic rings. The molecule has 108 valence electrons. The van der Waals surface area contributed by atoms with E-state index < -0.39 is 0 Å². The Morgan fingerprint density at radius 2 is 2.05 bits per heavy atom. The summed E-state index contributed by atoms with van der Waals surface area (Å²) in [4.78, 5) is 4.41. The van der Waals surface area contributed by atoms with Crippen LogP contribution in [0.4, 0.5) is 0 Å². The molecule has 3 heteroatoms. The fourth-order valence-electron chi connectivity index (χ4n) is 2.24. The molecule has 0 amide bonds. The van der Waals surface area contributed by atoms with Gasteiger partial charge in [-0.25, -0.2) is 0 Å². The van der Waals surface area contributed by atoms with E-state index in [9.17, 15) is 0 Å². The molecule has 0 radical (unpaired) electrons. The SMILES string of the molecule is CCCCCNCC(C)Oc1cccc2cccnc12. The Kier molecular flexibility index (Phi) is 5.81.